The third-order valence-corrected chi connectivity index (χ3v) is 4.54. The summed E-state index contributed by atoms with van der Waals surface area (Å²) in [7, 11) is 0. The van der Waals surface area contributed by atoms with E-state index in [-0.39, 0.29) is 5.84 Å². The molecule has 1 aromatic carbocycles. The Balaban J connectivity index is 2.17. The van der Waals surface area contributed by atoms with Crippen molar-refractivity contribution in [3.05, 3.63) is 28.8 Å². The number of nitrogens with two attached hydrogens (primary N) is 1. The molecule has 4 heteroatoms. The van der Waals surface area contributed by atoms with Crippen LogP contribution in [-0.2, 0) is 0 Å². The first kappa shape index (κ1) is 15.2. The van der Waals surface area contributed by atoms with Crippen molar-refractivity contribution in [2.75, 3.05) is 18.0 Å². The Morgan fingerprint density at radius 1 is 1.30 bits per heavy atom. The molecule has 1 aliphatic heterocycles. The fourth-order valence-electron chi connectivity index (χ4n) is 2.99. The molecule has 0 spiro atoms. The molecule has 0 bridgehead atoms. The molecule has 0 saturated carbocycles. The average Bonchev–Trinajstić information content (AvgIpc) is 2.37. The Morgan fingerprint density at radius 2 is 1.90 bits per heavy atom. The van der Waals surface area contributed by atoms with Gasteiger partial charge in [0.25, 0.3) is 0 Å². The van der Waals surface area contributed by atoms with Crippen LogP contribution in [0.15, 0.2) is 18.2 Å². The van der Waals surface area contributed by atoms with Gasteiger partial charge in [-0.15, -0.1) is 0 Å². The van der Waals surface area contributed by atoms with Gasteiger partial charge in [-0.3, -0.25) is 5.41 Å². The van der Waals surface area contributed by atoms with Crippen molar-refractivity contribution in [1.82, 2.24) is 0 Å². The summed E-state index contributed by atoms with van der Waals surface area (Å²) in [6.07, 6.45) is 2.37. The minimum Gasteiger partial charge on any atom is -0.384 e. The molecule has 1 saturated heterocycles. The fraction of sp³-hybridized carbons (Fsp3) is 0.562. The molecule has 1 aliphatic rings. The van der Waals surface area contributed by atoms with Crippen LogP contribution < -0.4 is 10.6 Å². The standard InChI is InChI=1S/C16H24ClN3/c1-16(2,3)11-6-8-20(9-7-11)14-5-4-12(17)10-13(14)15(18)19/h4-5,10-11H,6-9H2,1-3H3,(H3,18,19). The zero-order chi connectivity index (χ0) is 14.9. The maximum Gasteiger partial charge on any atom is 0.124 e. The van der Waals surface area contributed by atoms with E-state index in [9.17, 15) is 0 Å². The van der Waals surface area contributed by atoms with Crippen molar-refractivity contribution in [2.45, 2.75) is 33.6 Å². The summed E-state index contributed by atoms with van der Waals surface area (Å²) in [6, 6.07) is 5.64. The second-order valence-electron chi connectivity index (χ2n) is 6.70. The van der Waals surface area contributed by atoms with Gasteiger partial charge < -0.3 is 10.6 Å². The molecular formula is C16H24ClN3. The Kier molecular flexibility index (Phi) is 4.28. The predicted molar refractivity (Wildman–Crippen MR) is 86.9 cm³/mol. The number of benzene rings is 1. The molecule has 0 amide bonds. The Morgan fingerprint density at radius 3 is 2.40 bits per heavy atom. The van der Waals surface area contributed by atoms with E-state index in [4.69, 9.17) is 22.7 Å². The zero-order valence-corrected chi connectivity index (χ0v) is 13.3. The number of halogens is 1. The summed E-state index contributed by atoms with van der Waals surface area (Å²) in [6.45, 7) is 8.98. The highest BCUT2D eigenvalue weighted by Crippen LogP contribution is 2.36. The molecule has 110 valence electrons. The molecule has 1 heterocycles. The Hall–Kier alpha value is -1.22. The molecule has 20 heavy (non-hydrogen) atoms. The molecule has 0 aliphatic carbocycles. The fourth-order valence-corrected chi connectivity index (χ4v) is 3.16. The van der Waals surface area contributed by atoms with E-state index in [2.05, 4.69) is 25.7 Å². The van der Waals surface area contributed by atoms with Crippen molar-refractivity contribution in [1.29, 1.82) is 5.41 Å². The van der Waals surface area contributed by atoms with Crippen LogP contribution in [-0.4, -0.2) is 18.9 Å². The lowest BCUT2D eigenvalue weighted by molar-refractivity contribution is 0.199. The van der Waals surface area contributed by atoms with Crippen LogP contribution in [0.1, 0.15) is 39.2 Å². The van der Waals surface area contributed by atoms with Gasteiger partial charge in [0.1, 0.15) is 5.84 Å². The zero-order valence-electron chi connectivity index (χ0n) is 12.5. The highest BCUT2D eigenvalue weighted by Gasteiger charge is 2.29. The lowest BCUT2D eigenvalue weighted by Crippen LogP contribution is -2.38. The summed E-state index contributed by atoms with van der Waals surface area (Å²) in [4.78, 5) is 2.33. The molecule has 0 unspecified atom stereocenters. The average molecular weight is 294 g/mol. The summed E-state index contributed by atoms with van der Waals surface area (Å²) in [5.41, 5.74) is 7.83. The van der Waals surface area contributed by atoms with Gasteiger partial charge in [-0.2, -0.15) is 0 Å². The largest absolute Gasteiger partial charge is 0.384 e. The third-order valence-electron chi connectivity index (χ3n) is 4.31. The molecule has 0 atom stereocenters. The van der Waals surface area contributed by atoms with Crippen molar-refractivity contribution >= 4 is 23.1 Å². The Bertz CT molecular complexity index is 497. The normalized spacial score (nSPS) is 17.3. The number of amidine groups is 1. The van der Waals surface area contributed by atoms with Crippen molar-refractivity contribution < 1.29 is 0 Å². The number of hydrogen-bond donors (Lipinski definition) is 2. The third kappa shape index (κ3) is 3.26. The van der Waals surface area contributed by atoms with Gasteiger partial charge in [0.2, 0.25) is 0 Å². The first-order valence-corrected chi connectivity index (χ1v) is 7.55. The minimum absolute atomic E-state index is 0.0837. The van der Waals surface area contributed by atoms with Crippen molar-refractivity contribution in [3.8, 4) is 0 Å². The lowest BCUT2D eigenvalue weighted by Gasteiger charge is -2.40. The topological polar surface area (TPSA) is 53.1 Å². The van der Waals surface area contributed by atoms with E-state index in [1.54, 1.807) is 6.07 Å². The first-order valence-electron chi connectivity index (χ1n) is 7.18. The minimum atomic E-state index is 0.0837. The van der Waals surface area contributed by atoms with E-state index in [1.165, 1.54) is 12.8 Å². The predicted octanol–water partition coefficient (Wildman–Crippen LogP) is 3.89. The summed E-state index contributed by atoms with van der Waals surface area (Å²) in [5, 5.41) is 8.35. The van der Waals surface area contributed by atoms with Crippen LogP contribution in [0.2, 0.25) is 5.02 Å². The monoisotopic (exact) mass is 293 g/mol. The van der Waals surface area contributed by atoms with Gasteiger partial charge in [0.05, 0.1) is 0 Å². The van der Waals surface area contributed by atoms with Gasteiger partial charge >= 0.3 is 0 Å². The van der Waals surface area contributed by atoms with Crippen LogP contribution in [0.25, 0.3) is 0 Å². The van der Waals surface area contributed by atoms with E-state index >= 15 is 0 Å². The molecule has 0 radical (unpaired) electrons. The van der Waals surface area contributed by atoms with E-state index < -0.39 is 0 Å². The molecule has 1 aromatic rings. The maximum atomic E-state index is 7.72. The van der Waals surface area contributed by atoms with Gasteiger partial charge in [0, 0.05) is 29.4 Å². The smallest absolute Gasteiger partial charge is 0.124 e. The van der Waals surface area contributed by atoms with Gasteiger partial charge in [-0.25, -0.2) is 0 Å². The SMILES string of the molecule is CC(C)(C)C1CCN(c2ccc(Cl)cc2C(=N)N)CC1. The number of nitrogens with zero attached hydrogens (tertiary/aromatic N) is 1. The van der Waals surface area contributed by atoms with E-state index in [0.717, 1.165) is 30.3 Å². The maximum absolute atomic E-state index is 7.72. The number of anilines is 1. The molecule has 2 rings (SSSR count). The summed E-state index contributed by atoms with van der Waals surface area (Å²) in [5.74, 6) is 0.840. The van der Waals surface area contributed by atoms with Gasteiger partial charge in [-0.05, 0) is 42.4 Å². The quantitative estimate of drug-likeness (QED) is 0.642. The summed E-state index contributed by atoms with van der Waals surface area (Å²) < 4.78 is 0. The molecule has 3 N–H and O–H groups in total. The van der Waals surface area contributed by atoms with Crippen LogP contribution in [0.3, 0.4) is 0 Å². The highest BCUT2D eigenvalue weighted by molar-refractivity contribution is 6.31. The first-order chi connectivity index (χ1) is 9.29. The van der Waals surface area contributed by atoms with Crippen molar-refractivity contribution in [3.63, 3.8) is 0 Å². The second-order valence-corrected chi connectivity index (χ2v) is 7.14. The number of nitrogens with one attached hydrogen (secondary N) is 1. The molecule has 3 nitrogen and oxygen atoms in total. The lowest BCUT2D eigenvalue weighted by atomic mass is 9.75. The molecule has 1 fully saturated rings. The number of nitrogen functional groups attached to an aromatic ring is 1. The van der Waals surface area contributed by atoms with Crippen LogP contribution in [0, 0.1) is 16.7 Å². The van der Waals surface area contributed by atoms with Crippen LogP contribution in [0.4, 0.5) is 5.69 Å². The van der Waals surface area contributed by atoms with Crippen LogP contribution in [0.5, 0.6) is 0 Å². The number of hydrogen-bond acceptors (Lipinski definition) is 2. The number of rotatable bonds is 2. The van der Waals surface area contributed by atoms with Crippen molar-refractivity contribution in [2.24, 2.45) is 17.1 Å². The van der Waals surface area contributed by atoms with Crippen LogP contribution >= 0.6 is 11.6 Å². The van der Waals surface area contributed by atoms with Gasteiger partial charge in [0.15, 0.2) is 0 Å². The van der Waals surface area contributed by atoms with E-state index in [1.807, 2.05) is 12.1 Å². The summed E-state index contributed by atoms with van der Waals surface area (Å²) >= 11 is 6.01. The number of piperidine rings is 1. The highest BCUT2D eigenvalue weighted by atomic mass is 35.5. The Labute approximate surface area is 126 Å². The molecular weight excluding hydrogens is 270 g/mol. The van der Waals surface area contributed by atoms with E-state index in [0.29, 0.717) is 10.4 Å². The van der Waals surface area contributed by atoms with Gasteiger partial charge in [-0.1, -0.05) is 32.4 Å². The molecule has 0 aromatic heterocycles. The second kappa shape index (κ2) is 5.65.